The van der Waals surface area contributed by atoms with Crippen LogP contribution in [-0.4, -0.2) is 13.7 Å². The van der Waals surface area contributed by atoms with E-state index in [4.69, 9.17) is 4.11 Å². The third kappa shape index (κ3) is 7.15. The van der Waals surface area contributed by atoms with E-state index in [1.807, 2.05) is 48.5 Å². The molecule has 3 heterocycles. The van der Waals surface area contributed by atoms with Gasteiger partial charge in [0.05, 0.1) is 48.2 Å². The third-order valence-electron chi connectivity index (χ3n) is 15.8. The second kappa shape index (κ2) is 17.1. The van der Waals surface area contributed by atoms with Crippen LogP contribution >= 0.6 is 0 Å². The van der Waals surface area contributed by atoms with Crippen LogP contribution in [0.1, 0.15) is 113 Å². The largest absolute Gasteiger partial charge is 0.309 e. The molecule has 0 saturated heterocycles. The molecule has 0 N–H and O–H groups in total. The highest BCUT2D eigenvalue weighted by Gasteiger charge is 2.23. The quantitative estimate of drug-likeness (QED) is 0.151. The summed E-state index contributed by atoms with van der Waals surface area (Å²) in [6.07, 6.45) is 11.7. The van der Waals surface area contributed by atoms with Crippen molar-refractivity contribution >= 4 is 65.4 Å². The Hall–Kier alpha value is -7.62. The molecule has 0 aliphatic heterocycles. The lowest BCUT2D eigenvalue weighted by Crippen LogP contribution is -2.04. The zero-order chi connectivity index (χ0) is 56.7. The minimum Gasteiger partial charge on any atom is -0.309 e. The highest BCUT2D eigenvalue weighted by Crippen LogP contribution is 2.44. The van der Waals surface area contributed by atoms with E-state index in [1.54, 1.807) is 0 Å². The van der Waals surface area contributed by atoms with Gasteiger partial charge in [0, 0.05) is 49.4 Å². The fraction of sp³-hybridized carbons (Fsp3) is 0.206. The Labute approximate surface area is 432 Å². The van der Waals surface area contributed by atoms with Crippen molar-refractivity contribution in [3.63, 3.8) is 0 Å². The number of hydrogen-bond acceptors (Lipinski definition) is 0. The number of nitrogens with zero attached hydrogens (tertiary/aromatic N) is 3. The van der Waals surface area contributed by atoms with Crippen LogP contribution < -0.4 is 0 Å². The predicted octanol–water partition coefficient (Wildman–Crippen LogP) is 19.0. The van der Waals surface area contributed by atoms with Crippen LogP contribution in [0.15, 0.2) is 188 Å². The van der Waals surface area contributed by atoms with Gasteiger partial charge in [-0.3, -0.25) is 0 Å². The van der Waals surface area contributed by atoms with Crippen LogP contribution in [0.5, 0.6) is 0 Å². The van der Waals surface area contributed by atoms with Crippen LogP contribution in [0, 0.1) is 13.8 Å². The fourth-order valence-corrected chi connectivity index (χ4v) is 12.3. The molecule has 3 nitrogen and oxygen atoms in total. The summed E-state index contributed by atoms with van der Waals surface area (Å²) in [6, 6.07) is 36.8. The van der Waals surface area contributed by atoms with Gasteiger partial charge in [0.1, 0.15) is 0 Å². The zero-order valence-corrected chi connectivity index (χ0v) is 40.1. The summed E-state index contributed by atoms with van der Waals surface area (Å²) in [7, 11) is 0. The smallest absolute Gasteiger partial charge is 0.0645 e. The average Bonchev–Trinajstić information content (AvgIpc) is 3.27. The van der Waals surface area contributed by atoms with E-state index < -0.39 is 48.0 Å². The lowest BCUT2D eigenvalue weighted by molar-refractivity contribution is 0.444. The minimum atomic E-state index is -0.652. The summed E-state index contributed by atoms with van der Waals surface area (Å²) in [6.45, 7) is 4.14. The molecule has 0 spiro atoms. The van der Waals surface area contributed by atoms with E-state index in [0.29, 0.717) is 23.0 Å². The second-order valence-corrected chi connectivity index (χ2v) is 20.3. The molecule has 346 valence electrons. The molecule has 9 aromatic carbocycles. The lowest BCUT2D eigenvalue weighted by Gasteiger charge is -2.22. The first-order chi connectivity index (χ1) is 39.6. The highest BCUT2D eigenvalue weighted by molar-refractivity contribution is 6.15. The first-order valence-electron chi connectivity index (χ1n) is 31.1. The maximum Gasteiger partial charge on any atom is 0.0645 e. The van der Waals surface area contributed by atoms with Crippen molar-refractivity contribution in [2.24, 2.45) is 0 Å². The maximum absolute atomic E-state index is 10.4. The molecule has 14 rings (SSSR count). The molecular weight excluding hydrogens is 859 g/mol. The van der Waals surface area contributed by atoms with Crippen LogP contribution in [0.25, 0.3) is 105 Å². The standard InChI is InChI=1S/C68H59N3/c1-44-14-12-22-55(36-44)70-65-30-24-48(46-16-6-3-7-17-46)38-57(65)61-42-52(28-34-67(61)70)50-26-32-63-59(40-50)60-41-51(27-33-64(60)69(63)54-20-10-5-11-21-54)53-29-35-68-62(43-53)58-39-49(47-18-8-4-9-19-47)25-31-66(58)71(68)56-23-13-15-45(2)37-56/h5,10-15,20-43,46-47H,3-4,6-9,16-19H2,1-2H3/i5D,10D,11D,20D,21D,26D,27D,32D,33D,40D,41D. The normalized spacial score (nSPS) is 17.2. The molecule has 2 aliphatic carbocycles. The Kier molecular flexibility index (Phi) is 7.76. The summed E-state index contributed by atoms with van der Waals surface area (Å²) >= 11 is 0. The number of aryl methyl sites for hydroxylation is 2. The summed E-state index contributed by atoms with van der Waals surface area (Å²) in [5.74, 6) is 0.865. The van der Waals surface area contributed by atoms with Gasteiger partial charge in [-0.2, -0.15) is 0 Å². The van der Waals surface area contributed by atoms with Gasteiger partial charge >= 0.3 is 0 Å². The van der Waals surface area contributed by atoms with Crippen molar-refractivity contribution in [1.82, 2.24) is 13.7 Å². The van der Waals surface area contributed by atoms with Gasteiger partial charge in [-0.15, -0.1) is 0 Å². The molecule has 3 aromatic heterocycles. The third-order valence-corrected chi connectivity index (χ3v) is 15.8. The van der Waals surface area contributed by atoms with E-state index in [9.17, 15) is 11.0 Å². The van der Waals surface area contributed by atoms with Gasteiger partial charge in [-0.05, 0) is 205 Å². The first-order valence-corrected chi connectivity index (χ1v) is 25.6. The van der Waals surface area contributed by atoms with Crippen molar-refractivity contribution in [2.45, 2.75) is 89.9 Å². The molecule has 0 unspecified atom stereocenters. The van der Waals surface area contributed by atoms with Gasteiger partial charge in [0.2, 0.25) is 0 Å². The number of aromatic nitrogens is 3. The van der Waals surface area contributed by atoms with E-state index in [1.165, 1.54) is 54.2 Å². The van der Waals surface area contributed by atoms with Crippen molar-refractivity contribution in [3.8, 4) is 39.3 Å². The molecule has 0 amide bonds. The van der Waals surface area contributed by atoms with Gasteiger partial charge in [-0.1, -0.05) is 117 Å². The molecule has 2 aliphatic rings. The molecule has 0 bridgehead atoms. The van der Waals surface area contributed by atoms with E-state index in [0.717, 1.165) is 91.8 Å². The summed E-state index contributed by atoms with van der Waals surface area (Å²) in [5.41, 5.74) is 11.1. The first kappa shape index (κ1) is 32.3. The van der Waals surface area contributed by atoms with Crippen LogP contribution in [0.4, 0.5) is 0 Å². The van der Waals surface area contributed by atoms with Crippen molar-refractivity contribution in [1.29, 1.82) is 0 Å². The van der Waals surface area contributed by atoms with Crippen LogP contribution in [-0.2, 0) is 0 Å². The van der Waals surface area contributed by atoms with Crippen LogP contribution in [0.2, 0.25) is 0 Å². The Balaban J connectivity index is 1.06. The van der Waals surface area contributed by atoms with Crippen molar-refractivity contribution in [3.05, 3.63) is 210 Å². The van der Waals surface area contributed by atoms with Gasteiger partial charge in [0.15, 0.2) is 0 Å². The molecular formula is C68H59N3. The number of hydrogen-bond donors (Lipinski definition) is 0. The fourth-order valence-electron chi connectivity index (χ4n) is 12.3. The highest BCUT2D eigenvalue weighted by atomic mass is 15.0. The average molecular weight is 929 g/mol. The zero-order valence-electron chi connectivity index (χ0n) is 51.1. The van der Waals surface area contributed by atoms with E-state index in [2.05, 4.69) is 95.8 Å². The SMILES string of the molecule is [2H]c1c([2H])c([2H])c(-n2c3c([2H])c([2H])c(-c4ccc5c(c4)c4cc(C6CCCCC6)ccc4n5-c4cccc(C)c4)c([2H])c3c3c([2H])c(-c4ccc5c(c4)c4cc(C6CCCCC6)ccc4n5-c4cccc(C)c4)c([2H])c([2H])c32)c([2H])c1[2H]. The summed E-state index contributed by atoms with van der Waals surface area (Å²) in [4.78, 5) is 0. The van der Waals surface area contributed by atoms with E-state index in [-0.39, 0.29) is 57.1 Å². The Morgan fingerprint density at radius 1 is 0.352 bits per heavy atom. The van der Waals surface area contributed by atoms with Gasteiger partial charge < -0.3 is 13.7 Å². The number of rotatable bonds is 7. The monoisotopic (exact) mass is 929 g/mol. The number of benzene rings is 9. The molecule has 0 atom stereocenters. The summed E-state index contributed by atoms with van der Waals surface area (Å²) < 4.78 is 111. The molecule has 2 saturated carbocycles. The van der Waals surface area contributed by atoms with Gasteiger partial charge in [-0.25, -0.2) is 0 Å². The molecule has 0 radical (unpaired) electrons. The topological polar surface area (TPSA) is 14.8 Å². The number of fused-ring (bicyclic) bond motifs is 9. The van der Waals surface area contributed by atoms with Crippen molar-refractivity contribution < 1.29 is 15.1 Å². The van der Waals surface area contributed by atoms with E-state index >= 15 is 0 Å². The lowest BCUT2D eigenvalue weighted by atomic mass is 9.83. The summed E-state index contributed by atoms with van der Waals surface area (Å²) in [5, 5.41) is 3.86. The molecule has 2 fully saturated rings. The molecule has 3 heteroatoms. The van der Waals surface area contributed by atoms with Gasteiger partial charge in [0.25, 0.3) is 0 Å². The number of para-hydroxylation sites is 1. The van der Waals surface area contributed by atoms with Crippen LogP contribution in [0.3, 0.4) is 0 Å². The Morgan fingerprint density at radius 3 is 1.23 bits per heavy atom. The second-order valence-electron chi connectivity index (χ2n) is 20.3. The molecule has 12 aromatic rings. The maximum atomic E-state index is 10.4. The minimum absolute atomic E-state index is 0.00804. The Morgan fingerprint density at radius 2 is 0.775 bits per heavy atom. The predicted molar refractivity (Wildman–Crippen MR) is 301 cm³/mol. The van der Waals surface area contributed by atoms with Crippen molar-refractivity contribution in [2.75, 3.05) is 0 Å². The molecule has 71 heavy (non-hydrogen) atoms. The Bertz CT molecular complexity index is 4420.